The van der Waals surface area contributed by atoms with Crippen molar-refractivity contribution >= 4 is 50.7 Å². The summed E-state index contributed by atoms with van der Waals surface area (Å²) >= 11 is 3.83. The molecule has 0 bridgehead atoms. The number of hydrogen-bond donors (Lipinski definition) is 2. The number of nitrogens with zero attached hydrogens (tertiary/aromatic N) is 1. The Labute approximate surface area is 134 Å². The van der Waals surface area contributed by atoms with Gasteiger partial charge < -0.3 is 10.4 Å². The van der Waals surface area contributed by atoms with Gasteiger partial charge in [0.05, 0.1) is 5.69 Å². The van der Waals surface area contributed by atoms with Gasteiger partial charge in [0.15, 0.2) is 5.13 Å². The standard InChI is InChI=1S/C14H13IN2O2S/c15-8-3-1-4-9(7-8)16-14-17-12-10(13(18)19)5-2-6-11(12)20-14/h1,3-4,7,10H,2,5-6H2,(H,16,17)(H,18,19). The van der Waals surface area contributed by atoms with Crippen molar-refractivity contribution in [3.63, 3.8) is 0 Å². The van der Waals surface area contributed by atoms with Gasteiger partial charge in [0.1, 0.15) is 5.92 Å². The van der Waals surface area contributed by atoms with Gasteiger partial charge in [0.2, 0.25) is 0 Å². The van der Waals surface area contributed by atoms with Gasteiger partial charge in [-0.2, -0.15) is 0 Å². The third-order valence-electron chi connectivity index (χ3n) is 3.33. The summed E-state index contributed by atoms with van der Waals surface area (Å²) in [6, 6.07) is 8.03. The van der Waals surface area contributed by atoms with Crippen molar-refractivity contribution in [2.45, 2.75) is 25.2 Å². The first kappa shape index (κ1) is 13.8. The molecule has 20 heavy (non-hydrogen) atoms. The fraction of sp³-hybridized carbons (Fsp3) is 0.286. The van der Waals surface area contributed by atoms with Crippen LogP contribution in [0.4, 0.5) is 10.8 Å². The summed E-state index contributed by atoms with van der Waals surface area (Å²) < 4.78 is 1.15. The van der Waals surface area contributed by atoms with Crippen LogP contribution in [0.3, 0.4) is 0 Å². The van der Waals surface area contributed by atoms with Crippen LogP contribution in [-0.4, -0.2) is 16.1 Å². The molecule has 2 N–H and O–H groups in total. The number of thiazole rings is 1. The smallest absolute Gasteiger partial charge is 0.312 e. The highest BCUT2D eigenvalue weighted by molar-refractivity contribution is 14.1. The van der Waals surface area contributed by atoms with Gasteiger partial charge in [-0.25, -0.2) is 4.98 Å². The van der Waals surface area contributed by atoms with Crippen molar-refractivity contribution in [1.82, 2.24) is 4.98 Å². The van der Waals surface area contributed by atoms with E-state index in [0.29, 0.717) is 6.42 Å². The number of carbonyl (C=O) groups is 1. The predicted molar refractivity (Wildman–Crippen MR) is 87.9 cm³/mol. The molecule has 1 aromatic heterocycles. The van der Waals surface area contributed by atoms with Gasteiger partial charge in [-0.3, -0.25) is 4.79 Å². The van der Waals surface area contributed by atoms with E-state index in [1.807, 2.05) is 24.3 Å². The molecule has 1 heterocycles. The molecule has 0 spiro atoms. The lowest BCUT2D eigenvalue weighted by Gasteiger charge is -2.16. The molecule has 0 radical (unpaired) electrons. The number of anilines is 2. The summed E-state index contributed by atoms with van der Waals surface area (Å²) in [5.74, 6) is -1.21. The molecule has 0 saturated heterocycles. The number of aryl methyl sites for hydroxylation is 1. The van der Waals surface area contributed by atoms with E-state index in [9.17, 15) is 9.90 Å². The lowest BCUT2D eigenvalue weighted by molar-refractivity contribution is -0.139. The molecule has 1 aliphatic rings. The molecular weight excluding hydrogens is 387 g/mol. The Hall–Kier alpha value is -1.15. The van der Waals surface area contributed by atoms with E-state index >= 15 is 0 Å². The Bertz CT molecular complexity index is 656. The Balaban J connectivity index is 1.87. The largest absolute Gasteiger partial charge is 0.481 e. The molecule has 1 atom stereocenters. The van der Waals surface area contributed by atoms with E-state index in [1.165, 1.54) is 0 Å². The second-order valence-electron chi connectivity index (χ2n) is 4.75. The zero-order chi connectivity index (χ0) is 14.1. The van der Waals surface area contributed by atoms with E-state index < -0.39 is 11.9 Å². The summed E-state index contributed by atoms with van der Waals surface area (Å²) in [6.07, 6.45) is 2.55. The molecule has 0 aliphatic heterocycles. The Morgan fingerprint density at radius 1 is 1.50 bits per heavy atom. The van der Waals surface area contributed by atoms with Crippen LogP contribution >= 0.6 is 33.9 Å². The van der Waals surface area contributed by atoms with Crippen LogP contribution in [0.2, 0.25) is 0 Å². The van der Waals surface area contributed by atoms with Crippen LogP contribution in [0.15, 0.2) is 24.3 Å². The molecule has 3 rings (SSSR count). The summed E-state index contributed by atoms with van der Waals surface area (Å²) in [7, 11) is 0. The van der Waals surface area contributed by atoms with Crippen LogP contribution in [0.25, 0.3) is 0 Å². The number of halogens is 1. The van der Waals surface area contributed by atoms with Crippen molar-refractivity contribution in [2.75, 3.05) is 5.32 Å². The highest BCUT2D eigenvalue weighted by Crippen LogP contribution is 2.37. The van der Waals surface area contributed by atoms with E-state index in [0.717, 1.165) is 37.8 Å². The number of aliphatic carboxylic acids is 1. The molecule has 0 fully saturated rings. The van der Waals surface area contributed by atoms with Crippen molar-refractivity contribution in [3.8, 4) is 0 Å². The lowest BCUT2D eigenvalue weighted by Crippen LogP contribution is -2.17. The number of benzene rings is 1. The molecule has 0 saturated carbocycles. The predicted octanol–water partition coefficient (Wildman–Crippen LogP) is 4.00. The van der Waals surface area contributed by atoms with Gasteiger partial charge in [-0.15, -0.1) is 11.3 Å². The summed E-state index contributed by atoms with van der Waals surface area (Å²) in [6.45, 7) is 0. The number of fused-ring (bicyclic) bond motifs is 1. The third kappa shape index (κ3) is 2.80. The average molecular weight is 400 g/mol. The molecule has 1 aliphatic carbocycles. The van der Waals surface area contributed by atoms with Crippen molar-refractivity contribution in [3.05, 3.63) is 38.4 Å². The van der Waals surface area contributed by atoms with Gasteiger partial charge in [-0.05, 0) is 60.1 Å². The van der Waals surface area contributed by atoms with Crippen molar-refractivity contribution < 1.29 is 9.90 Å². The Kier molecular flexibility index (Phi) is 3.93. The second-order valence-corrected chi connectivity index (χ2v) is 7.08. The fourth-order valence-corrected chi connectivity index (χ4v) is 4.03. The Morgan fingerprint density at radius 3 is 3.10 bits per heavy atom. The van der Waals surface area contributed by atoms with Crippen LogP contribution in [0, 0.1) is 3.57 Å². The maximum atomic E-state index is 11.3. The van der Waals surface area contributed by atoms with Crippen LogP contribution < -0.4 is 5.32 Å². The quantitative estimate of drug-likeness (QED) is 0.765. The molecule has 1 unspecified atom stereocenters. The first-order chi connectivity index (χ1) is 9.63. The van der Waals surface area contributed by atoms with Crippen LogP contribution in [-0.2, 0) is 11.2 Å². The second kappa shape index (κ2) is 5.69. The first-order valence-corrected chi connectivity index (χ1v) is 8.28. The van der Waals surface area contributed by atoms with Gasteiger partial charge in [0, 0.05) is 14.1 Å². The first-order valence-electron chi connectivity index (χ1n) is 6.38. The number of nitrogens with one attached hydrogen (secondary N) is 1. The fourth-order valence-electron chi connectivity index (χ4n) is 2.40. The monoisotopic (exact) mass is 400 g/mol. The maximum absolute atomic E-state index is 11.3. The van der Waals surface area contributed by atoms with Gasteiger partial charge in [-0.1, -0.05) is 6.07 Å². The van der Waals surface area contributed by atoms with E-state index in [2.05, 4.69) is 32.9 Å². The van der Waals surface area contributed by atoms with E-state index in [1.54, 1.807) is 11.3 Å². The highest BCUT2D eigenvalue weighted by atomic mass is 127. The van der Waals surface area contributed by atoms with Gasteiger partial charge >= 0.3 is 5.97 Å². The highest BCUT2D eigenvalue weighted by Gasteiger charge is 2.29. The van der Waals surface area contributed by atoms with E-state index in [4.69, 9.17) is 0 Å². The number of carboxylic acids is 1. The minimum atomic E-state index is -0.767. The minimum absolute atomic E-state index is 0.443. The molecule has 104 valence electrons. The molecule has 4 nitrogen and oxygen atoms in total. The summed E-state index contributed by atoms with van der Waals surface area (Å²) in [5.41, 5.74) is 1.73. The summed E-state index contributed by atoms with van der Waals surface area (Å²) in [5, 5.41) is 13.3. The number of rotatable bonds is 3. The zero-order valence-corrected chi connectivity index (χ0v) is 13.6. The van der Waals surface area contributed by atoms with Gasteiger partial charge in [0.25, 0.3) is 0 Å². The average Bonchev–Trinajstić information content (AvgIpc) is 2.80. The molecule has 1 aromatic carbocycles. The van der Waals surface area contributed by atoms with Crippen LogP contribution in [0.5, 0.6) is 0 Å². The minimum Gasteiger partial charge on any atom is -0.481 e. The molecule has 2 aromatic rings. The summed E-state index contributed by atoms with van der Waals surface area (Å²) in [4.78, 5) is 16.9. The molecular formula is C14H13IN2O2S. The Morgan fingerprint density at radius 2 is 2.35 bits per heavy atom. The van der Waals surface area contributed by atoms with Crippen molar-refractivity contribution in [2.24, 2.45) is 0 Å². The van der Waals surface area contributed by atoms with Crippen LogP contribution in [0.1, 0.15) is 29.3 Å². The SMILES string of the molecule is O=C(O)C1CCCc2sc(Nc3cccc(I)c3)nc21. The van der Waals surface area contributed by atoms with E-state index in [-0.39, 0.29) is 0 Å². The lowest BCUT2D eigenvalue weighted by atomic mass is 9.91. The number of aromatic nitrogens is 1. The van der Waals surface area contributed by atoms with Crippen molar-refractivity contribution in [1.29, 1.82) is 0 Å². The normalized spacial score (nSPS) is 17.6. The zero-order valence-electron chi connectivity index (χ0n) is 10.6. The third-order valence-corrected chi connectivity index (χ3v) is 5.05. The number of carboxylic acid groups (broad SMARTS) is 1. The number of hydrogen-bond acceptors (Lipinski definition) is 4. The topological polar surface area (TPSA) is 62.2 Å². The maximum Gasteiger partial charge on any atom is 0.312 e. The molecule has 0 amide bonds. The molecule has 6 heteroatoms.